The van der Waals surface area contributed by atoms with Crippen LogP contribution in [0.5, 0.6) is 0 Å². The maximum atomic E-state index is 11.8. The van der Waals surface area contributed by atoms with Gasteiger partial charge in [-0.2, -0.15) is 0 Å². The van der Waals surface area contributed by atoms with Crippen molar-refractivity contribution in [2.24, 2.45) is 5.73 Å². The zero-order chi connectivity index (χ0) is 15.4. The van der Waals surface area contributed by atoms with Crippen molar-refractivity contribution in [3.63, 3.8) is 0 Å². The number of nitrogens with zero attached hydrogens (tertiary/aromatic N) is 1. The number of anilines is 1. The summed E-state index contributed by atoms with van der Waals surface area (Å²) < 4.78 is 0. The fourth-order valence-corrected chi connectivity index (χ4v) is 3.99. The highest BCUT2D eigenvalue weighted by atomic mass is 35.5. The molecule has 0 saturated carbocycles. The summed E-state index contributed by atoms with van der Waals surface area (Å²) in [5, 5.41) is 3.64. The third kappa shape index (κ3) is 4.53. The molecule has 6 heteroatoms. The normalized spacial score (nSPS) is 16.3. The van der Waals surface area contributed by atoms with Crippen LogP contribution in [-0.2, 0) is 17.6 Å². The molecule has 1 aromatic carbocycles. The lowest BCUT2D eigenvalue weighted by molar-refractivity contribution is -0.116. The van der Waals surface area contributed by atoms with Gasteiger partial charge < -0.3 is 11.1 Å². The first kappa shape index (κ1) is 17.9. The van der Waals surface area contributed by atoms with Gasteiger partial charge in [-0.25, -0.2) is 4.98 Å². The third-order valence-electron chi connectivity index (χ3n) is 4.06. The molecule has 0 aliphatic heterocycles. The van der Waals surface area contributed by atoms with Gasteiger partial charge in [-0.05, 0) is 43.7 Å². The number of aromatic nitrogens is 1. The molecule has 2 aromatic rings. The molecule has 0 bridgehead atoms. The number of amides is 1. The molecule has 0 saturated heterocycles. The standard InChI is InChI=1S/C17H21N3OS.ClH/c18-10-4-7-16(21)20-17-19-14-9-8-13(11-15(14)22-17)12-5-2-1-3-6-12;/h1-3,5-6,13H,4,7-11,18H2,(H,19,20,21);1H. The molecule has 1 aliphatic carbocycles. The Labute approximate surface area is 146 Å². The number of halogens is 1. The summed E-state index contributed by atoms with van der Waals surface area (Å²) in [5.41, 5.74) is 7.98. The zero-order valence-electron chi connectivity index (χ0n) is 13.0. The Kier molecular flexibility index (Phi) is 6.57. The van der Waals surface area contributed by atoms with Crippen LogP contribution < -0.4 is 11.1 Å². The molecule has 124 valence electrons. The number of benzene rings is 1. The van der Waals surface area contributed by atoms with Crippen molar-refractivity contribution in [3.8, 4) is 0 Å². The van der Waals surface area contributed by atoms with E-state index in [0.717, 1.165) is 30.1 Å². The highest BCUT2D eigenvalue weighted by Gasteiger charge is 2.24. The number of carbonyl (C=O) groups excluding carboxylic acids is 1. The summed E-state index contributed by atoms with van der Waals surface area (Å²) in [6.07, 6.45) is 4.32. The predicted molar refractivity (Wildman–Crippen MR) is 97.5 cm³/mol. The number of hydrogen-bond donors (Lipinski definition) is 2. The van der Waals surface area contributed by atoms with Crippen LogP contribution in [0.4, 0.5) is 5.13 Å². The van der Waals surface area contributed by atoms with Crippen molar-refractivity contribution in [1.82, 2.24) is 4.98 Å². The fraction of sp³-hybridized carbons (Fsp3) is 0.412. The lowest BCUT2D eigenvalue weighted by atomic mass is 9.85. The monoisotopic (exact) mass is 351 g/mol. The van der Waals surface area contributed by atoms with E-state index in [1.54, 1.807) is 11.3 Å². The lowest BCUT2D eigenvalue weighted by Crippen LogP contribution is -2.13. The van der Waals surface area contributed by atoms with Crippen molar-refractivity contribution in [2.45, 2.75) is 38.0 Å². The van der Waals surface area contributed by atoms with Gasteiger partial charge in [0.25, 0.3) is 0 Å². The summed E-state index contributed by atoms with van der Waals surface area (Å²) >= 11 is 1.62. The Morgan fingerprint density at radius 3 is 2.87 bits per heavy atom. The summed E-state index contributed by atoms with van der Waals surface area (Å²) in [4.78, 5) is 17.7. The second-order valence-corrected chi connectivity index (χ2v) is 6.76. The Morgan fingerprint density at radius 2 is 2.13 bits per heavy atom. The van der Waals surface area contributed by atoms with Gasteiger partial charge in [0.2, 0.25) is 5.91 Å². The average Bonchev–Trinajstić information content (AvgIpc) is 2.95. The molecule has 3 N–H and O–H groups in total. The van der Waals surface area contributed by atoms with Gasteiger partial charge in [0.05, 0.1) is 5.69 Å². The minimum atomic E-state index is 0. The average molecular weight is 352 g/mol. The third-order valence-corrected chi connectivity index (χ3v) is 5.10. The Morgan fingerprint density at radius 1 is 1.35 bits per heavy atom. The van der Waals surface area contributed by atoms with Crippen LogP contribution in [0, 0.1) is 0 Å². The van der Waals surface area contributed by atoms with Gasteiger partial charge in [0.1, 0.15) is 0 Å². The summed E-state index contributed by atoms with van der Waals surface area (Å²) in [5.74, 6) is 0.575. The van der Waals surface area contributed by atoms with Gasteiger partial charge in [0, 0.05) is 11.3 Å². The number of hydrogen-bond acceptors (Lipinski definition) is 4. The van der Waals surface area contributed by atoms with Gasteiger partial charge in [-0.3, -0.25) is 4.79 Å². The molecule has 1 unspecified atom stereocenters. The molecule has 3 rings (SSSR count). The largest absolute Gasteiger partial charge is 0.330 e. The number of rotatable bonds is 5. The van der Waals surface area contributed by atoms with Gasteiger partial charge in [0.15, 0.2) is 5.13 Å². The molecule has 1 heterocycles. The molecular weight excluding hydrogens is 330 g/mol. The van der Waals surface area contributed by atoms with E-state index in [4.69, 9.17) is 5.73 Å². The first-order valence-corrected chi connectivity index (χ1v) is 8.61. The van der Waals surface area contributed by atoms with E-state index in [0.29, 0.717) is 25.3 Å². The maximum Gasteiger partial charge on any atom is 0.226 e. The number of nitrogens with two attached hydrogens (primary N) is 1. The van der Waals surface area contributed by atoms with Crippen LogP contribution in [0.2, 0.25) is 0 Å². The van der Waals surface area contributed by atoms with Gasteiger partial charge >= 0.3 is 0 Å². The van der Waals surface area contributed by atoms with Crippen LogP contribution >= 0.6 is 23.7 Å². The molecule has 1 amide bonds. The van der Waals surface area contributed by atoms with Crippen molar-refractivity contribution in [3.05, 3.63) is 46.5 Å². The molecule has 1 aromatic heterocycles. The van der Waals surface area contributed by atoms with E-state index >= 15 is 0 Å². The van der Waals surface area contributed by atoms with Gasteiger partial charge in [-0.15, -0.1) is 23.7 Å². The second-order valence-electron chi connectivity index (χ2n) is 5.68. The van der Waals surface area contributed by atoms with Crippen LogP contribution in [0.15, 0.2) is 30.3 Å². The summed E-state index contributed by atoms with van der Waals surface area (Å²) in [7, 11) is 0. The molecule has 1 atom stereocenters. The number of carbonyl (C=O) groups is 1. The van der Waals surface area contributed by atoms with Crippen LogP contribution in [0.25, 0.3) is 0 Å². The van der Waals surface area contributed by atoms with E-state index in [2.05, 4.69) is 40.6 Å². The van der Waals surface area contributed by atoms with E-state index in [9.17, 15) is 4.79 Å². The van der Waals surface area contributed by atoms with Crippen molar-refractivity contribution in [2.75, 3.05) is 11.9 Å². The minimum Gasteiger partial charge on any atom is -0.330 e. The number of aryl methyl sites for hydroxylation is 1. The Bertz CT molecular complexity index is 645. The molecule has 4 nitrogen and oxygen atoms in total. The number of fused-ring (bicyclic) bond motifs is 1. The van der Waals surface area contributed by atoms with Crippen LogP contribution in [0.3, 0.4) is 0 Å². The molecule has 0 spiro atoms. The summed E-state index contributed by atoms with van der Waals surface area (Å²) in [6.45, 7) is 0.542. The highest BCUT2D eigenvalue weighted by Crippen LogP contribution is 2.36. The molecule has 23 heavy (non-hydrogen) atoms. The molecular formula is C17H22ClN3OS. The van der Waals surface area contributed by atoms with Crippen LogP contribution in [0.1, 0.15) is 41.3 Å². The van der Waals surface area contributed by atoms with E-state index in [1.807, 2.05) is 0 Å². The van der Waals surface area contributed by atoms with Crippen molar-refractivity contribution >= 4 is 34.8 Å². The molecule has 0 radical (unpaired) electrons. The number of thiazole rings is 1. The van der Waals surface area contributed by atoms with E-state index < -0.39 is 0 Å². The fourth-order valence-electron chi connectivity index (χ4n) is 2.88. The Hall–Kier alpha value is -1.43. The smallest absolute Gasteiger partial charge is 0.226 e. The lowest BCUT2D eigenvalue weighted by Gasteiger charge is -2.21. The highest BCUT2D eigenvalue weighted by molar-refractivity contribution is 7.15. The zero-order valence-corrected chi connectivity index (χ0v) is 14.6. The number of nitrogens with one attached hydrogen (secondary N) is 1. The van der Waals surface area contributed by atoms with E-state index in [1.165, 1.54) is 10.4 Å². The van der Waals surface area contributed by atoms with Crippen molar-refractivity contribution in [1.29, 1.82) is 0 Å². The van der Waals surface area contributed by atoms with E-state index in [-0.39, 0.29) is 18.3 Å². The topological polar surface area (TPSA) is 68.0 Å². The van der Waals surface area contributed by atoms with Crippen molar-refractivity contribution < 1.29 is 4.79 Å². The Balaban J connectivity index is 0.00000192. The first-order valence-electron chi connectivity index (χ1n) is 7.79. The van der Waals surface area contributed by atoms with Gasteiger partial charge in [-0.1, -0.05) is 30.3 Å². The maximum absolute atomic E-state index is 11.8. The summed E-state index contributed by atoms with van der Waals surface area (Å²) in [6, 6.07) is 10.7. The SMILES string of the molecule is Cl.NCCCC(=O)Nc1nc2c(s1)CC(c1ccccc1)CC2. The quantitative estimate of drug-likeness (QED) is 0.866. The second kappa shape index (κ2) is 8.43. The molecule has 1 aliphatic rings. The predicted octanol–water partition coefficient (Wildman–Crippen LogP) is 3.51. The molecule has 0 fully saturated rings. The van der Waals surface area contributed by atoms with Crippen LogP contribution in [-0.4, -0.2) is 17.4 Å². The first-order chi connectivity index (χ1) is 10.8. The minimum absolute atomic E-state index is 0.